The van der Waals surface area contributed by atoms with E-state index >= 15 is 0 Å². The number of nitrogens with one attached hydrogen (secondary N) is 1. The molecule has 120 valence electrons. The Morgan fingerprint density at radius 3 is 3.18 bits per heavy atom. The predicted molar refractivity (Wildman–Crippen MR) is 73.3 cm³/mol. The van der Waals surface area contributed by atoms with Crippen LogP contribution in [0, 0.1) is 0 Å². The number of nitrogens with zero attached hydrogens (tertiary/aromatic N) is 3. The van der Waals surface area contributed by atoms with Crippen molar-refractivity contribution in [3.05, 3.63) is 12.0 Å². The van der Waals surface area contributed by atoms with Gasteiger partial charge in [0, 0.05) is 0 Å². The van der Waals surface area contributed by atoms with E-state index in [9.17, 15) is 14.6 Å². The highest BCUT2D eigenvalue weighted by Gasteiger charge is 2.52. The van der Waals surface area contributed by atoms with Gasteiger partial charge in [-0.2, -0.15) is 0 Å². The Bertz CT molecular complexity index is 678. The number of phosphoric acid groups is 1. The lowest BCUT2D eigenvalue weighted by atomic mass is 10.1. The minimum Gasteiger partial charge on any atom is -0.386 e. The van der Waals surface area contributed by atoms with Crippen LogP contribution in [-0.4, -0.2) is 50.8 Å². The average molecular weight is 330 g/mol. The Balaban J connectivity index is 1.64. The molecule has 0 bridgehead atoms. The van der Waals surface area contributed by atoms with Crippen molar-refractivity contribution in [2.45, 2.75) is 37.5 Å². The maximum absolute atomic E-state index is 11.5. The minimum absolute atomic E-state index is 0.101. The van der Waals surface area contributed by atoms with Gasteiger partial charge in [0.1, 0.15) is 29.8 Å². The molecule has 0 radical (unpaired) electrons. The van der Waals surface area contributed by atoms with Crippen molar-refractivity contribution in [3.8, 4) is 0 Å². The summed E-state index contributed by atoms with van der Waals surface area (Å²) in [6.45, 7) is 1.78. The van der Waals surface area contributed by atoms with Gasteiger partial charge in [0.05, 0.1) is 25.3 Å². The molecule has 6 unspecified atom stereocenters. The highest BCUT2D eigenvalue weighted by atomic mass is 31.2. The van der Waals surface area contributed by atoms with Gasteiger partial charge in [-0.15, -0.1) is 0 Å². The molecule has 2 saturated heterocycles. The van der Waals surface area contributed by atoms with Crippen molar-refractivity contribution in [2.24, 2.45) is 4.99 Å². The summed E-state index contributed by atoms with van der Waals surface area (Å²) in [5.41, 5.74) is 0.734. The molecule has 4 heterocycles. The summed E-state index contributed by atoms with van der Waals surface area (Å²) in [5.74, 6) is 0.665. The number of aliphatic hydroxyl groups excluding tert-OH is 1. The minimum atomic E-state index is -4.13. The fourth-order valence-corrected chi connectivity index (χ4v) is 3.83. The summed E-state index contributed by atoms with van der Waals surface area (Å²) in [4.78, 5) is 17.9. The van der Waals surface area contributed by atoms with E-state index in [2.05, 4.69) is 15.3 Å². The van der Waals surface area contributed by atoms with Crippen LogP contribution < -0.4 is 5.32 Å². The van der Waals surface area contributed by atoms with E-state index in [0.29, 0.717) is 5.82 Å². The fourth-order valence-electron chi connectivity index (χ4n) is 2.87. The van der Waals surface area contributed by atoms with E-state index in [1.54, 1.807) is 10.9 Å². The molecule has 10 nitrogen and oxygen atoms in total. The molecule has 0 amide bonds. The normalized spacial score (nSPS) is 43.5. The van der Waals surface area contributed by atoms with Crippen molar-refractivity contribution in [3.63, 3.8) is 0 Å². The van der Waals surface area contributed by atoms with E-state index < -0.39 is 32.4 Å². The number of rotatable bonds is 1. The number of phosphoric ester groups is 1. The third-order valence-corrected chi connectivity index (χ3v) is 4.94. The van der Waals surface area contributed by atoms with Crippen LogP contribution in [0.15, 0.2) is 11.3 Å². The summed E-state index contributed by atoms with van der Waals surface area (Å²) in [6.07, 6.45) is -0.374. The number of aliphatic imine (C=N–C) groups is 1. The van der Waals surface area contributed by atoms with E-state index in [4.69, 9.17) is 13.8 Å². The predicted octanol–water partition coefficient (Wildman–Crippen LogP) is 0.172. The summed E-state index contributed by atoms with van der Waals surface area (Å²) in [6, 6.07) is -0.101. The molecule has 0 saturated carbocycles. The number of fused-ring (bicyclic) bond motifs is 2. The molecule has 6 atom stereocenters. The Hall–Kier alpha value is -1.29. The SMILES string of the molecule is CC1N=CNc2c1ncn2C1OC2COP(=O)(O)OC2C1O. The van der Waals surface area contributed by atoms with Crippen LogP contribution in [0.4, 0.5) is 5.82 Å². The average Bonchev–Trinajstić information content (AvgIpc) is 3.01. The molecule has 1 aromatic rings. The highest BCUT2D eigenvalue weighted by molar-refractivity contribution is 7.47. The Morgan fingerprint density at radius 1 is 1.55 bits per heavy atom. The zero-order valence-electron chi connectivity index (χ0n) is 11.6. The summed E-state index contributed by atoms with van der Waals surface area (Å²) >= 11 is 0. The second-order valence-corrected chi connectivity index (χ2v) is 6.78. The van der Waals surface area contributed by atoms with E-state index in [0.717, 1.165) is 5.69 Å². The molecule has 11 heteroatoms. The van der Waals surface area contributed by atoms with Gasteiger partial charge in [0.25, 0.3) is 0 Å². The van der Waals surface area contributed by atoms with Crippen LogP contribution in [0.25, 0.3) is 0 Å². The van der Waals surface area contributed by atoms with Gasteiger partial charge in [0.15, 0.2) is 6.23 Å². The van der Waals surface area contributed by atoms with Gasteiger partial charge in [0.2, 0.25) is 0 Å². The zero-order valence-corrected chi connectivity index (χ0v) is 12.5. The zero-order chi connectivity index (χ0) is 15.5. The van der Waals surface area contributed by atoms with Crippen molar-refractivity contribution in [2.75, 3.05) is 11.9 Å². The van der Waals surface area contributed by atoms with Crippen molar-refractivity contribution < 1.29 is 28.3 Å². The standard InChI is InChI=1S/C11H15N4O6P/c1-5-7-10(13-3-12-5)15(4-14-7)11-8(16)9-6(20-11)2-19-22(17,18)21-9/h3-6,8-9,11,16H,2H2,1H3,(H,12,13)(H,17,18). The maximum atomic E-state index is 11.5. The highest BCUT2D eigenvalue weighted by Crippen LogP contribution is 2.52. The number of ether oxygens (including phenoxy) is 1. The van der Waals surface area contributed by atoms with Gasteiger partial charge in [-0.25, -0.2) is 9.55 Å². The number of imidazole rings is 1. The third kappa shape index (κ3) is 2.11. The lowest BCUT2D eigenvalue weighted by molar-refractivity contribution is -0.0668. The quantitative estimate of drug-likeness (QED) is 0.622. The van der Waals surface area contributed by atoms with Crippen LogP contribution in [0.5, 0.6) is 0 Å². The monoisotopic (exact) mass is 330 g/mol. The van der Waals surface area contributed by atoms with Gasteiger partial charge in [-0.05, 0) is 6.92 Å². The number of aromatic nitrogens is 2. The Labute approximate surface area is 125 Å². The molecular weight excluding hydrogens is 315 g/mol. The third-order valence-electron chi connectivity index (χ3n) is 3.96. The van der Waals surface area contributed by atoms with Crippen LogP contribution in [0.2, 0.25) is 0 Å². The van der Waals surface area contributed by atoms with Gasteiger partial charge in [-0.1, -0.05) is 0 Å². The molecule has 3 N–H and O–H groups in total. The molecule has 3 aliphatic heterocycles. The van der Waals surface area contributed by atoms with Crippen LogP contribution in [0.1, 0.15) is 24.9 Å². The molecule has 4 rings (SSSR count). The van der Waals surface area contributed by atoms with Crippen molar-refractivity contribution in [1.29, 1.82) is 0 Å². The molecule has 0 aliphatic carbocycles. The molecule has 3 aliphatic rings. The number of hydrogen-bond acceptors (Lipinski definition) is 8. The fraction of sp³-hybridized carbons (Fsp3) is 0.636. The number of hydrogen-bond donors (Lipinski definition) is 3. The van der Waals surface area contributed by atoms with Gasteiger partial charge >= 0.3 is 7.82 Å². The van der Waals surface area contributed by atoms with Crippen molar-refractivity contribution >= 4 is 20.0 Å². The van der Waals surface area contributed by atoms with E-state index in [1.165, 1.54) is 6.33 Å². The summed E-state index contributed by atoms with van der Waals surface area (Å²) in [7, 11) is -4.13. The topological polar surface area (TPSA) is 127 Å². The summed E-state index contributed by atoms with van der Waals surface area (Å²) < 4.78 is 28.5. The molecule has 22 heavy (non-hydrogen) atoms. The van der Waals surface area contributed by atoms with Crippen LogP contribution >= 0.6 is 7.82 Å². The molecular formula is C11H15N4O6P. The van der Waals surface area contributed by atoms with Crippen molar-refractivity contribution in [1.82, 2.24) is 9.55 Å². The second kappa shape index (κ2) is 4.85. The lowest BCUT2D eigenvalue weighted by Gasteiger charge is -2.27. The van der Waals surface area contributed by atoms with E-state index in [-0.39, 0.29) is 12.6 Å². The first-order valence-electron chi connectivity index (χ1n) is 6.80. The maximum Gasteiger partial charge on any atom is 0.472 e. The first-order chi connectivity index (χ1) is 10.5. The Kier molecular flexibility index (Phi) is 3.16. The van der Waals surface area contributed by atoms with Gasteiger partial charge < -0.3 is 20.1 Å². The lowest BCUT2D eigenvalue weighted by Crippen LogP contribution is -2.39. The first-order valence-corrected chi connectivity index (χ1v) is 8.30. The van der Waals surface area contributed by atoms with Crippen LogP contribution in [-0.2, 0) is 18.3 Å². The molecule has 1 aromatic heterocycles. The van der Waals surface area contributed by atoms with E-state index in [1.807, 2.05) is 6.92 Å². The Morgan fingerprint density at radius 2 is 2.36 bits per heavy atom. The number of aliphatic hydroxyl groups is 1. The van der Waals surface area contributed by atoms with Gasteiger partial charge in [-0.3, -0.25) is 18.6 Å². The number of anilines is 1. The molecule has 0 spiro atoms. The second-order valence-electron chi connectivity index (χ2n) is 5.37. The summed E-state index contributed by atoms with van der Waals surface area (Å²) in [5, 5.41) is 13.4. The smallest absolute Gasteiger partial charge is 0.386 e. The largest absolute Gasteiger partial charge is 0.472 e. The van der Waals surface area contributed by atoms with Crippen LogP contribution in [0.3, 0.4) is 0 Å². The molecule has 2 fully saturated rings. The first kappa shape index (κ1) is 14.3. The molecule has 0 aromatic carbocycles.